The fourth-order valence-corrected chi connectivity index (χ4v) is 3.41. The van der Waals surface area contributed by atoms with Crippen molar-refractivity contribution in [1.29, 1.82) is 5.26 Å². The van der Waals surface area contributed by atoms with Crippen LogP contribution in [0.1, 0.15) is 11.1 Å². The van der Waals surface area contributed by atoms with Crippen molar-refractivity contribution < 1.29 is 4.39 Å². The fraction of sp³-hybridized carbons (Fsp3) is 0.0909. The zero-order chi connectivity index (χ0) is 21.1. The Morgan fingerprint density at radius 3 is 2.73 bits per heavy atom. The number of nitrogens with two attached hydrogens (primary N) is 1. The summed E-state index contributed by atoms with van der Waals surface area (Å²) in [6.07, 6.45) is 2.95. The van der Waals surface area contributed by atoms with Crippen LogP contribution >= 0.6 is 0 Å². The number of fused-ring (bicyclic) bond motifs is 1. The average Bonchev–Trinajstić information content (AvgIpc) is 2.75. The van der Waals surface area contributed by atoms with E-state index in [0.29, 0.717) is 24.3 Å². The first-order valence-corrected chi connectivity index (χ1v) is 9.22. The van der Waals surface area contributed by atoms with Crippen LogP contribution in [0, 0.1) is 17.1 Å². The van der Waals surface area contributed by atoms with Crippen LogP contribution in [0.4, 0.5) is 16.0 Å². The van der Waals surface area contributed by atoms with Crippen molar-refractivity contribution in [2.24, 2.45) is 0 Å². The second kappa shape index (κ2) is 8.01. The van der Waals surface area contributed by atoms with Gasteiger partial charge in [0.05, 0.1) is 5.52 Å². The number of pyridine rings is 2. The number of hydrogen-bond donors (Lipinski definition) is 2. The topological polar surface area (TPSA) is 109 Å². The van der Waals surface area contributed by atoms with Gasteiger partial charge in [-0.3, -0.25) is 9.20 Å². The smallest absolute Gasteiger partial charge is 0.255 e. The Hall–Kier alpha value is -4.25. The van der Waals surface area contributed by atoms with E-state index in [2.05, 4.69) is 15.3 Å². The summed E-state index contributed by atoms with van der Waals surface area (Å²) in [5, 5.41) is 12.3. The van der Waals surface area contributed by atoms with Crippen LogP contribution in [0.25, 0.3) is 16.6 Å². The molecule has 0 spiro atoms. The first kappa shape index (κ1) is 19.1. The number of hydrogen-bond acceptors (Lipinski definition) is 6. The van der Waals surface area contributed by atoms with Gasteiger partial charge in [-0.05, 0) is 29.7 Å². The van der Waals surface area contributed by atoms with Gasteiger partial charge in [-0.1, -0.05) is 30.3 Å². The molecule has 4 aromatic rings. The van der Waals surface area contributed by atoms with Gasteiger partial charge in [0.25, 0.3) is 5.56 Å². The lowest BCUT2D eigenvalue weighted by Crippen LogP contribution is -2.17. The minimum atomic E-state index is -0.483. The molecule has 0 fully saturated rings. The first-order valence-electron chi connectivity index (χ1n) is 9.22. The molecule has 3 N–H and O–H groups in total. The number of rotatable bonds is 5. The number of benzene rings is 1. The van der Waals surface area contributed by atoms with Crippen LogP contribution in [0.2, 0.25) is 0 Å². The van der Waals surface area contributed by atoms with E-state index in [9.17, 15) is 14.4 Å². The monoisotopic (exact) mass is 400 g/mol. The Kier molecular flexibility index (Phi) is 5.09. The highest BCUT2D eigenvalue weighted by atomic mass is 19.1. The van der Waals surface area contributed by atoms with Crippen molar-refractivity contribution in [2.45, 2.75) is 6.42 Å². The van der Waals surface area contributed by atoms with E-state index in [-0.39, 0.29) is 16.9 Å². The number of anilines is 2. The number of nitrogen functional groups attached to an aromatic ring is 1. The summed E-state index contributed by atoms with van der Waals surface area (Å²) in [5.74, 6) is -0.0415. The third kappa shape index (κ3) is 3.56. The van der Waals surface area contributed by atoms with Crippen LogP contribution in [0.15, 0.2) is 65.8 Å². The predicted molar refractivity (Wildman–Crippen MR) is 112 cm³/mol. The highest BCUT2D eigenvalue weighted by Gasteiger charge is 2.14. The SMILES string of the molecule is N#Cc1c(N)ncnc1NCCc1cc(=O)n2cc(F)ccc2c1-c1ccccc1. The molecule has 30 heavy (non-hydrogen) atoms. The van der Waals surface area contributed by atoms with Crippen molar-refractivity contribution in [1.82, 2.24) is 14.4 Å². The molecule has 0 unspecified atom stereocenters. The summed E-state index contributed by atoms with van der Waals surface area (Å²) in [6, 6.07) is 16.1. The predicted octanol–water partition coefficient (Wildman–Crippen LogP) is 3.00. The van der Waals surface area contributed by atoms with Gasteiger partial charge in [0.15, 0.2) is 0 Å². The summed E-state index contributed by atoms with van der Waals surface area (Å²) in [4.78, 5) is 20.5. The summed E-state index contributed by atoms with van der Waals surface area (Å²) in [7, 11) is 0. The third-order valence-corrected chi connectivity index (χ3v) is 4.76. The molecule has 1 aromatic carbocycles. The standard InChI is InChI=1S/C22H17FN6O/c23-16-6-7-18-20(14-4-2-1-3-5-14)15(10-19(30)29(18)12-16)8-9-26-22-17(11-24)21(25)27-13-28-22/h1-7,10,12-13H,8-9H2,(H3,25,26,27,28). The van der Waals surface area contributed by atoms with E-state index in [1.54, 1.807) is 6.07 Å². The van der Waals surface area contributed by atoms with Crippen LogP contribution < -0.4 is 16.6 Å². The Labute approximate surface area is 171 Å². The largest absolute Gasteiger partial charge is 0.382 e. The second-order valence-electron chi connectivity index (χ2n) is 6.62. The molecule has 0 atom stereocenters. The van der Waals surface area contributed by atoms with Crippen molar-refractivity contribution in [3.05, 3.63) is 88.4 Å². The first-order chi connectivity index (χ1) is 14.6. The van der Waals surface area contributed by atoms with Gasteiger partial charge < -0.3 is 11.1 Å². The molecule has 0 radical (unpaired) electrons. The number of nitriles is 1. The lowest BCUT2D eigenvalue weighted by atomic mass is 9.97. The van der Waals surface area contributed by atoms with Gasteiger partial charge in [-0.15, -0.1) is 0 Å². The molecule has 0 bridgehead atoms. The van der Waals surface area contributed by atoms with Gasteiger partial charge in [-0.25, -0.2) is 14.4 Å². The van der Waals surface area contributed by atoms with Crippen LogP contribution in [-0.2, 0) is 6.42 Å². The van der Waals surface area contributed by atoms with Crippen LogP contribution in [0.5, 0.6) is 0 Å². The van der Waals surface area contributed by atoms with E-state index in [1.807, 2.05) is 36.4 Å². The number of aromatic nitrogens is 3. The zero-order valence-corrected chi connectivity index (χ0v) is 15.8. The summed E-state index contributed by atoms with van der Waals surface area (Å²) < 4.78 is 15.0. The molecular formula is C22H17FN6O. The molecule has 148 valence electrons. The molecule has 4 rings (SSSR count). The van der Waals surface area contributed by atoms with Gasteiger partial charge in [0, 0.05) is 24.4 Å². The minimum absolute atomic E-state index is 0.103. The van der Waals surface area contributed by atoms with Crippen LogP contribution in [0.3, 0.4) is 0 Å². The van der Waals surface area contributed by atoms with E-state index in [0.717, 1.165) is 16.7 Å². The molecule has 0 aliphatic heterocycles. The normalized spacial score (nSPS) is 10.7. The molecule has 7 nitrogen and oxygen atoms in total. The Morgan fingerprint density at radius 1 is 1.17 bits per heavy atom. The van der Waals surface area contributed by atoms with Gasteiger partial charge in [0.1, 0.15) is 35.4 Å². The van der Waals surface area contributed by atoms with Crippen molar-refractivity contribution in [2.75, 3.05) is 17.6 Å². The van der Waals surface area contributed by atoms with E-state index >= 15 is 0 Å². The molecule has 8 heteroatoms. The Bertz CT molecular complexity index is 1330. The summed E-state index contributed by atoms with van der Waals surface area (Å²) >= 11 is 0. The maximum absolute atomic E-state index is 13.7. The lowest BCUT2D eigenvalue weighted by molar-refractivity contribution is 0.618. The zero-order valence-electron chi connectivity index (χ0n) is 15.8. The average molecular weight is 400 g/mol. The summed E-state index contributed by atoms with van der Waals surface area (Å²) in [6.45, 7) is 0.405. The van der Waals surface area contributed by atoms with Crippen molar-refractivity contribution >= 4 is 17.2 Å². The number of halogens is 1. The van der Waals surface area contributed by atoms with E-state index in [1.165, 1.54) is 29.1 Å². The molecule has 0 saturated heterocycles. The highest BCUT2D eigenvalue weighted by molar-refractivity contribution is 5.83. The van der Waals surface area contributed by atoms with Crippen molar-refractivity contribution in [3.8, 4) is 17.2 Å². The quantitative estimate of drug-likeness (QED) is 0.533. The van der Waals surface area contributed by atoms with E-state index in [4.69, 9.17) is 5.73 Å². The van der Waals surface area contributed by atoms with Gasteiger partial charge >= 0.3 is 0 Å². The van der Waals surface area contributed by atoms with Crippen molar-refractivity contribution in [3.63, 3.8) is 0 Å². The molecule has 0 amide bonds. The van der Waals surface area contributed by atoms with Gasteiger partial charge in [0.2, 0.25) is 0 Å². The molecule has 3 aromatic heterocycles. The molecule has 0 saturated carbocycles. The maximum atomic E-state index is 13.7. The Balaban J connectivity index is 1.74. The van der Waals surface area contributed by atoms with E-state index < -0.39 is 5.82 Å². The second-order valence-corrected chi connectivity index (χ2v) is 6.62. The Morgan fingerprint density at radius 2 is 1.97 bits per heavy atom. The molecule has 0 aliphatic carbocycles. The number of nitrogens with zero attached hydrogens (tertiary/aromatic N) is 4. The molecular weight excluding hydrogens is 383 g/mol. The number of nitrogens with one attached hydrogen (secondary N) is 1. The fourth-order valence-electron chi connectivity index (χ4n) is 3.41. The van der Waals surface area contributed by atoms with Gasteiger partial charge in [-0.2, -0.15) is 5.26 Å². The molecule has 3 heterocycles. The highest BCUT2D eigenvalue weighted by Crippen LogP contribution is 2.28. The lowest BCUT2D eigenvalue weighted by Gasteiger charge is -2.15. The minimum Gasteiger partial charge on any atom is -0.382 e. The molecule has 0 aliphatic rings. The summed E-state index contributed by atoms with van der Waals surface area (Å²) in [5.41, 5.74) is 8.76. The maximum Gasteiger partial charge on any atom is 0.255 e. The van der Waals surface area contributed by atoms with Crippen LogP contribution in [-0.4, -0.2) is 20.9 Å². The third-order valence-electron chi connectivity index (χ3n) is 4.76.